The minimum Gasteiger partial charge on any atom is -0.337 e. The molecule has 1 aromatic rings. The van der Waals surface area contributed by atoms with Gasteiger partial charge in [-0.2, -0.15) is 0 Å². The van der Waals surface area contributed by atoms with Crippen LogP contribution in [-0.4, -0.2) is 28.9 Å². The molecule has 1 rings (SSSR count). The van der Waals surface area contributed by atoms with Crippen molar-refractivity contribution in [2.75, 3.05) is 13.1 Å². The molecule has 0 radical (unpaired) electrons. The van der Waals surface area contributed by atoms with Crippen LogP contribution in [-0.2, 0) is 0 Å². The highest BCUT2D eigenvalue weighted by atomic mass is 35.5. The van der Waals surface area contributed by atoms with Crippen molar-refractivity contribution >= 4 is 17.5 Å². The van der Waals surface area contributed by atoms with Crippen molar-refractivity contribution in [1.29, 1.82) is 0 Å². The summed E-state index contributed by atoms with van der Waals surface area (Å²) in [5, 5.41) is 0.353. The van der Waals surface area contributed by atoms with Crippen LogP contribution < -0.4 is 0 Å². The number of carbonyl (C=O) groups is 1. The lowest BCUT2D eigenvalue weighted by Gasteiger charge is -2.22. The highest BCUT2D eigenvalue weighted by Gasteiger charge is 2.16. The molecule has 3 nitrogen and oxygen atoms in total. The summed E-state index contributed by atoms with van der Waals surface area (Å²) >= 11 is 5.76. The van der Waals surface area contributed by atoms with Crippen molar-refractivity contribution in [2.24, 2.45) is 5.92 Å². The SMILES string of the molecule is CCN(CC(C)C)C(=O)c1cccc(Cl)n1. The monoisotopic (exact) mass is 240 g/mol. The number of amides is 1. The first-order valence-corrected chi connectivity index (χ1v) is 5.84. The molecule has 0 aliphatic carbocycles. The third kappa shape index (κ3) is 3.49. The zero-order valence-corrected chi connectivity index (χ0v) is 10.7. The molecule has 1 amide bonds. The van der Waals surface area contributed by atoms with E-state index in [9.17, 15) is 4.79 Å². The molecule has 4 heteroatoms. The Morgan fingerprint density at radius 2 is 2.19 bits per heavy atom. The molecule has 0 spiro atoms. The Hall–Kier alpha value is -1.09. The molecular formula is C12H17ClN2O. The Labute approximate surface area is 101 Å². The molecule has 0 aliphatic heterocycles. The summed E-state index contributed by atoms with van der Waals surface area (Å²) < 4.78 is 0. The second-order valence-electron chi connectivity index (χ2n) is 4.08. The molecule has 16 heavy (non-hydrogen) atoms. The maximum atomic E-state index is 12.1. The third-order valence-corrected chi connectivity index (χ3v) is 2.40. The fourth-order valence-corrected chi connectivity index (χ4v) is 1.65. The largest absolute Gasteiger partial charge is 0.337 e. The van der Waals surface area contributed by atoms with Gasteiger partial charge in [-0.05, 0) is 25.0 Å². The van der Waals surface area contributed by atoms with Crippen LogP contribution >= 0.6 is 11.6 Å². The number of hydrogen-bond donors (Lipinski definition) is 0. The van der Waals surface area contributed by atoms with Crippen LogP contribution in [0.25, 0.3) is 0 Å². The molecule has 1 heterocycles. The summed E-state index contributed by atoms with van der Waals surface area (Å²) in [6.45, 7) is 7.56. The minimum atomic E-state index is -0.0568. The molecule has 0 aliphatic rings. The summed E-state index contributed by atoms with van der Waals surface area (Å²) in [5.41, 5.74) is 0.412. The summed E-state index contributed by atoms with van der Waals surface area (Å²) in [5.74, 6) is 0.391. The number of pyridine rings is 1. The fraction of sp³-hybridized carbons (Fsp3) is 0.500. The number of halogens is 1. The Morgan fingerprint density at radius 1 is 1.50 bits per heavy atom. The van der Waals surface area contributed by atoms with Gasteiger partial charge in [0, 0.05) is 13.1 Å². The standard InChI is InChI=1S/C12H17ClN2O/c1-4-15(8-9(2)3)12(16)10-6-5-7-11(13)14-10/h5-7,9H,4,8H2,1-3H3. The normalized spacial score (nSPS) is 10.6. The van der Waals surface area contributed by atoms with Gasteiger partial charge in [0.25, 0.3) is 5.91 Å². The van der Waals surface area contributed by atoms with E-state index in [0.717, 1.165) is 6.54 Å². The van der Waals surface area contributed by atoms with E-state index < -0.39 is 0 Å². The second-order valence-corrected chi connectivity index (χ2v) is 4.47. The first-order chi connectivity index (χ1) is 7.54. The molecule has 0 N–H and O–H groups in total. The lowest BCUT2D eigenvalue weighted by atomic mass is 10.2. The van der Waals surface area contributed by atoms with E-state index in [0.29, 0.717) is 23.3 Å². The quantitative estimate of drug-likeness (QED) is 0.759. The Balaban J connectivity index is 2.82. The topological polar surface area (TPSA) is 33.2 Å². The summed E-state index contributed by atoms with van der Waals surface area (Å²) in [4.78, 5) is 17.9. The summed E-state index contributed by atoms with van der Waals surface area (Å²) in [6, 6.07) is 5.10. The number of aromatic nitrogens is 1. The lowest BCUT2D eigenvalue weighted by molar-refractivity contribution is 0.0740. The zero-order valence-electron chi connectivity index (χ0n) is 9.90. The van der Waals surface area contributed by atoms with Gasteiger partial charge in [0.1, 0.15) is 10.8 Å². The van der Waals surface area contributed by atoms with Crippen molar-refractivity contribution in [1.82, 2.24) is 9.88 Å². The van der Waals surface area contributed by atoms with Crippen LogP contribution in [0.5, 0.6) is 0 Å². The van der Waals surface area contributed by atoms with Gasteiger partial charge in [0.05, 0.1) is 0 Å². The van der Waals surface area contributed by atoms with Gasteiger partial charge < -0.3 is 4.90 Å². The summed E-state index contributed by atoms with van der Waals surface area (Å²) in [7, 11) is 0. The van der Waals surface area contributed by atoms with E-state index in [2.05, 4.69) is 18.8 Å². The Kier molecular flexibility index (Phi) is 4.74. The van der Waals surface area contributed by atoms with Crippen LogP contribution in [0.3, 0.4) is 0 Å². The van der Waals surface area contributed by atoms with Crippen LogP contribution in [0, 0.1) is 5.92 Å². The average Bonchev–Trinajstić information content (AvgIpc) is 2.24. The van der Waals surface area contributed by atoms with Gasteiger partial charge in [-0.15, -0.1) is 0 Å². The van der Waals surface area contributed by atoms with Gasteiger partial charge in [-0.1, -0.05) is 31.5 Å². The predicted molar refractivity (Wildman–Crippen MR) is 65.7 cm³/mol. The van der Waals surface area contributed by atoms with Crippen molar-refractivity contribution in [2.45, 2.75) is 20.8 Å². The first-order valence-electron chi connectivity index (χ1n) is 5.46. The molecule has 0 saturated heterocycles. The van der Waals surface area contributed by atoms with Crippen molar-refractivity contribution in [3.05, 3.63) is 29.0 Å². The highest BCUT2D eigenvalue weighted by Crippen LogP contribution is 2.09. The van der Waals surface area contributed by atoms with E-state index in [1.165, 1.54) is 0 Å². The highest BCUT2D eigenvalue weighted by molar-refractivity contribution is 6.29. The molecule has 0 atom stereocenters. The molecule has 0 unspecified atom stereocenters. The summed E-state index contributed by atoms with van der Waals surface area (Å²) in [6.07, 6.45) is 0. The molecule has 0 bridgehead atoms. The van der Waals surface area contributed by atoms with Crippen LogP contribution in [0.4, 0.5) is 0 Å². The Bertz CT molecular complexity index is 366. The fourth-order valence-electron chi connectivity index (χ4n) is 1.49. The third-order valence-electron chi connectivity index (χ3n) is 2.19. The van der Waals surface area contributed by atoms with Crippen molar-refractivity contribution in [3.8, 4) is 0 Å². The molecule has 0 saturated carbocycles. The Morgan fingerprint density at radius 3 is 2.69 bits per heavy atom. The van der Waals surface area contributed by atoms with E-state index in [1.54, 1.807) is 23.1 Å². The number of rotatable bonds is 4. The van der Waals surface area contributed by atoms with Gasteiger partial charge in [-0.25, -0.2) is 4.98 Å². The van der Waals surface area contributed by atoms with Crippen LogP contribution in [0.1, 0.15) is 31.3 Å². The van der Waals surface area contributed by atoms with E-state index in [1.807, 2.05) is 6.92 Å². The average molecular weight is 241 g/mol. The van der Waals surface area contributed by atoms with Gasteiger partial charge in [-0.3, -0.25) is 4.79 Å². The lowest BCUT2D eigenvalue weighted by Crippen LogP contribution is -2.34. The molecule has 0 fully saturated rings. The van der Waals surface area contributed by atoms with Crippen molar-refractivity contribution < 1.29 is 4.79 Å². The number of hydrogen-bond acceptors (Lipinski definition) is 2. The van der Waals surface area contributed by atoms with Gasteiger partial charge in [0.15, 0.2) is 0 Å². The van der Waals surface area contributed by atoms with E-state index >= 15 is 0 Å². The van der Waals surface area contributed by atoms with E-state index in [4.69, 9.17) is 11.6 Å². The minimum absolute atomic E-state index is 0.0568. The van der Waals surface area contributed by atoms with Gasteiger partial charge >= 0.3 is 0 Å². The smallest absolute Gasteiger partial charge is 0.272 e. The zero-order chi connectivity index (χ0) is 12.1. The van der Waals surface area contributed by atoms with Crippen molar-refractivity contribution in [3.63, 3.8) is 0 Å². The molecule has 1 aromatic heterocycles. The van der Waals surface area contributed by atoms with Crippen LogP contribution in [0.15, 0.2) is 18.2 Å². The van der Waals surface area contributed by atoms with Gasteiger partial charge in [0.2, 0.25) is 0 Å². The van der Waals surface area contributed by atoms with Crippen LogP contribution in [0.2, 0.25) is 5.15 Å². The molecular weight excluding hydrogens is 224 g/mol. The maximum absolute atomic E-state index is 12.1. The first kappa shape index (κ1) is 13.0. The number of carbonyl (C=O) groups excluding carboxylic acids is 1. The van der Waals surface area contributed by atoms with E-state index in [-0.39, 0.29) is 5.91 Å². The second kappa shape index (κ2) is 5.85. The maximum Gasteiger partial charge on any atom is 0.272 e. The molecule has 88 valence electrons. The number of nitrogens with zero attached hydrogens (tertiary/aromatic N) is 2. The predicted octanol–water partition coefficient (Wildman–Crippen LogP) is 2.85. The molecule has 0 aromatic carbocycles.